The van der Waals surface area contributed by atoms with Gasteiger partial charge in [-0.25, -0.2) is 0 Å². The normalized spacial score (nSPS) is 21.0. The molecule has 0 saturated carbocycles. The molecule has 0 radical (unpaired) electrons. The summed E-state index contributed by atoms with van der Waals surface area (Å²) in [5, 5.41) is 13.1. The molecule has 2 aliphatic rings. The number of benzene rings is 1. The summed E-state index contributed by atoms with van der Waals surface area (Å²) in [7, 11) is 1.60. The highest BCUT2D eigenvalue weighted by Crippen LogP contribution is 2.34. The molecular weight excluding hydrogens is 368 g/mol. The summed E-state index contributed by atoms with van der Waals surface area (Å²) >= 11 is 0. The second-order valence-electron chi connectivity index (χ2n) is 7.77. The molecule has 29 heavy (non-hydrogen) atoms. The minimum absolute atomic E-state index is 0.0556. The fourth-order valence-electron chi connectivity index (χ4n) is 4.55. The standard InChI is InChI=1S/C21H24N6O2/c1-3-18-22-23-19-8-9-20(24-27(18)19)25-10-14-12-26(13-15(14)11-25)21(28)16-6-4-5-7-17(16)29-2/h4-9,14-15H,3,10-13H2,1-2H3. The van der Waals surface area contributed by atoms with Gasteiger partial charge in [-0.15, -0.1) is 15.3 Å². The Morgan fingerprint density at radius 2 is 1.83 bits per heavy atom. The fourth-order valence-corrected chi connectivity index (χ4v) is 4.55. The molecule has 2 unspecified atom stereocenters. The zero-order valence-electron chi connectivity index (χ0n) is 16.7. The summed E-state index contributed by atoms with van der Waals surface area (Å²) in [6.45, 7) is 5.41. The lowest BCUT2D eigenvalue weighted by Crippen LogP contribution is -2.33. The number of para-hydroxylation sites is 1. The van der Waals surface area contributed by atoms with Crippen molar-refractivity contribution in [1.29, 1.82) is 0 Å². The Kier molecular flexibility index (Phi) is 4.34. The molecule has 4 heterocycles. The Labute approximate surface area is 169 Å². The number of carbonyl (C=O) groups excluding carboxylic acids is 1. The van der Waals surface area contributed by atoms with E-state index in [1.807, 2.05) is 45.8 Å². The molecule has 2 atom stereocenters. The molecule has 8 nitrogen and oxygen atoms in total. The summed E-state index contributed by atoms with van der Waals surface area (Å²) in [6.07, 6.45) is 0.795. The number of hydrogen-bond donors (Lipinski definition) is 0. The van der Waals surface area contributed by atoms with Crippen LogP contribution in [0.4, 0.5) is 5.82 Å². The van der Waals surface area contributed by atoms with E-state index in [1.165, 1.54) is 0 Å². The molecule has 0 spiro atoms. The molecule has 5 rings (SSSR count). The average molecular weight is 392 g/mol. The second-order valence-corrected chi connectivity index (χ2v) is 7.77. The largest absolute Gasteiger partial charge is 0.496 e. The number of likely N-dealkylation sites (tertiary alicyclic amines) is 1. The van der Waals surface area contributed by atoms with Gasteiger partial charge in [0, 0.05) is 44.4 Å². The van der Waals surface area contributed by atoms with E-state index in [2.05, 4.69) is 22.0 Å². The topological polar surface area (TPSA) is 75.9 Å². The highest BCUT2D eigenvalue weighted by molar-refractivity contribution is 5.97. The van der Waals surface area contributed by atoms with Crippen LogP contribution in [0.3, 0.4) is 0 Å². The van der Waals surface area contributed by atoms with Gasteiger partial charge in [-0.05, 0) is 24.3 Å². The second kappa shape index (κ2) is 7.02. The van der Waals surface area contributed by atoms with Crippen molar-refractivity contribution in [3.8, 4) is 5.75 Å². The quantitative estimate of drug-likeness (QED) is 0.675. The first-order valence-corrected chi connectivity index (χ1v) is 10.1. The smallest absolute Gasteiger partial charge is 0.257 e. The van der Waals surface area contributed by atoms with Gasteiger partial charge in [0.15, 0.2) is 11.5 Å². The Balaban J connectivity index is 1.30. The third kappa shape index (κ3) is 2.99. The first kappa shape index (κ1) is 17.9. The lowest BCUT2D eigenvalue weighted by molar-refractivity contribution is 0.0779. The molecule has 0 bridgehead atoms. The van der Waals surface area contributed by atoms with Gasteiger partial charge < -0.3 is 14.5 Å². The van der Waals surface area contributed by atoms with Gasteiger partial charge in [-0.3, -0.25) is 4.79 Å². The van der Waals surface area contributed by atoms with Crippen LogP contribution in [0, 0.1) is 11.8 Å². The Morgan fingerprint density at radius 1 is 1.07 bits per heavy atom. The highest BCUT2D eigenvalue weighted by atomic mass is 16.5. The molecule has 0 N–H and O–H groups in total. The number of anilines is 1. The zero-order chi connectivity index (χ0) is 20.0. The molecule has 8 heteroatoms. The van der Waals surface area contributed by atoms with Crippen LogP contribution in [-0.2, 0) is 6.42 Å². The first-order valence-electron chi connectivity index (χ1n) is 10.1. The number of aryl methyl sites for hydroxylation is 1. The zero-order valence-corrected chi connectivity index (χ0v) is 16.7. The van der Waals surface area contributed by atoms with Crippen molar-refractivity contribution < 1.29 is 9.53 Å². The van der Waals surface area contributed by atoms with Crippen molar-refractivity contribution in [2.45, 2.75) is 13.3 Å². The predicted molar refractivity (Wildman–Crippen MR) is 108 cm³/mol. The van der Waals surface area contributed by atoms with Crippen LogP contribution in [0.1, 0.15) is 23.1 Å². The lowest BCUT2D eigenvalue weighted by atomic mass is 10.0. The van der Waals surface area contributed by atoms with Gasteiger partial charge in [-0.2, -0.15) is 4.52 Å². The van der Waals surface area contributed by atoms with E-state index >= 15 is 0 Å². The van der Waals surface area contributed by atoms with E-state index in [1.54, 1.807) is 7.11 Å². The van der Waals surface area contributed by atoms with Crippen molar-refractivity contribution in [2.75, 3.05) is 38.2 Å². The number of hydrogen-bond acceptors (Lipinski definition) is 6. The molecule has 150 valence electrons. The number of aromatic nitrogens is 4. The number of amides is 1. The predicted octanol–water partition coefficient (Wildman–Crippen LogP) is 1.90. The van der Waals surface area contributed by atoms with E-state index in [4.69, 9.17) is 9.84 Å². The minimum Gasteiger partial charge on any atom is -0.496 e. The summed E-state index contributed by atoms with van der Waals surface area (Å²) < 4.78 is 7.20. The third-order valence-electron chi connectivity index (χ3n) is 6.06. The Morgan fingerprint density at radius 3 is 2.55 bits per heavy atom. The summed E-state index contributed by atoms with van der Waals surface area (Å²) in [6, 6.07) is 11.4. The third-order valence-corrected chi connectivity index (χ3v) is 6.06. The van der Waals surface area contributed by atoms with E-state index in [0.29, 0.717) is 23.1 Å². The summed E-state index contributed by atoms with van der Waals surface area (Å²) in [4.78, 5) is 17.3. The van der Waals surface area contributed by atoms with Crippen LogP contribution < -0.4 is 9.64 Å². The summed E-state index contributed by atoms with van der Waals surface area (Å²) in [5.41, 5.74) is 1.41. The van der Waals surface area contributed by atoms with Crippen LogP contribution in [0.2, 0.25) is 0 Å². The van der Waals surface area contributed by atoms with Gasteiger partial charge in [0.2, 0.25) is 0 Å². The maximum Gasteiger partial charge on any atom is 0.257 e. The minimum atomic E-state index is 0.0556. The highest BCUT2D eigenvalue weighted by Gasteiger charge is 2.42. The molecule has 2 saturated heterocycles. The van der Waals surface area contributed by atoms with E-state index in [-0.39, 0.29) is 5.91 Å². The van der Waals surface area contributed by atoms with Crippen LogP contribution >= 0.6 is 0 Å². The SMILES string of the molecule is CCc1nnc2ccc(N3CC4CN(C(=O)c5ccccc5OC)CC4C3)nn12. The molecule has 2 aromatic heterocycles. The summed E-state index contributed by atoms with van der Waals surface area (Å²) in [5.74, 6) is 3.42. The lowest BCUT2D eigenvalue weighted by Gasteiger charge is -2.23. The van der Waals surface area contributed by atoms with Gasteiger partial charge in [0.05, 0.1) is 12.7 Å². The van der Waals surface area contributed by atoms with Crippen molar-refractivity contribution in [3.05, 3.63) is 47.8 Å². The maximum absolute atomic E-state index is 13.0. The molecular formula is C21H24N6O2. The molecule has 1 amide bonds. The molecule has 3 aromatic rings. The van der Waals surface area contributed by atoms with E-state index < -0.39 is 0 Å². The fraction of sp³-hybridized carbons (Fsp3) is 0.429. The van der Waals surface area contributed by atoms with Crippen molar-refractivity contribution >= 4 is 17.4 Å². The molecule has 2 fully saturated rings. The van der Waals surface area contributed by atoms with E-state index in [0.717, 1.165) is 49.9 Å². The van der Waals surface area contributed by atoms with Gasteiger partial charge in [-0.1, -0.05) is 19.1 Å². The average Bonchev–Trinajstić information content (AvgIpc) is 3.45. The monoisotopic (exact) mass is 392 g/mol. The number of carbonyl (C=O) groups is 1. The Hall–Kier alpha value is -3.16. The van der Waals surface area contributed by atoms with Gasteiger partial charge in [0.1, 0.15) is 11.6 Å². The maximum atomic E-state index is 13.0. The number of fused-ring (bicyclic) bond motifs is 2. The number of methoxy groups -OCH3 is 1. The number of rotatable bonds is 4. The molecule has 0 aliphatic carbocycles. The van der Waals surface area contributed by atoms with Crippen molar-refractivity contribution in [3.63, 3.8) is 0 Å². The van der Waals surface area contributed by atoms with Crippen molar-refractivity contribution in [1.82, 2.24) is 24.7 Å². The van der Waals surface area contributed by atoms with Crippen LogP contribution in [-0.4, -0.2) is 63.9 Å². The van der Waals surface area contributed by atoms with Crippen LogP contribution in [0.25, 0.3) is 5.65 Å². The van der Waals surface area contributed by atoms with Crippen LogP contribution in [0.5, 0.6) is 5.75 Å². The first-order chi connectivity index (χ1) is 14.2. The number of ether oxygens (including phenoxy) is 1. The van der Waals surface area contributed by atoms with Crippen LogP contribution in [0.15, 0.2) is 36.4 Å². The molecule has 2 aliphatic heterocycles. The molecule has 1 aromatic carbocycles. The van der Waals surface area contributed by atoms with Gasteiger partial charge in [0.25, 0.3) is 5.91 Å². The Bertz CT molecular complexity index is 1050. The van der Waals surface area contributed by atoms with Gasteiger partial charge >= 0.3 is 0 Å². The van der Waals surface area contributed by atoms with E-state index in [9.17, 15) is 4.79 Å². The van der Waals surface area contributed by atoms with Crippen molar-refractivity contribution in [2.24, 2.45) is 11.8 Å². The number of nitrogens with zero attached hydrogens (tertiary/aromatic N) is 6.